The lowest BCUT2D eigenvalue weighted by molar-refractivity contribution is -0.150. The molecule has 1 aliphatic heterocycles. The van der Waals surface area contributed by atoms with E-state index in [9.17, 15) is 9.59 Å². The number of ketones is 1. The van der Waals surface area contributed by atoms with Crippen LogP contribution in [0.3, 0.4) is 0 Å². The fourth-order valence-corrected chi connectivity index (χ4v) is 0.577. The summed E-state index contributed by atoms with van der Waals surface area (Å²) in [6, 6.07) is 0. The van der Waals surface area contributed by atoms with Crippen LogP contribution in [0.15, 0.2) is 12.3 Å². The summed E-state index contributed by atoms with van der Waals surface area (Å²) >= 11 is 5.32. The van der Waals surface area contributed by atoms with Crippen molar-refractivity contribution in [2.24, 2.45) is 0 Å². The largest absolute Gasteiger partial charge is 0.429 e. The summed E-state index contributed by atoms with van der Waals surface area (Å²) < 4.78 is 4.21. The van der Waals surface area contributed by atoms with Crippen molar-refractivity contribution in [2.45, 2.75) is 5.38 Å². The highest BCUT2D eigenvalue weighted by atomic mass is 35.5. The van der Waals surface area contributed by atoms with Crippen molar-refractivity contribution < 1.29 is 14.3 Å². The highest BCUT2D eigenvalue weighted by molar-refractivity contribution is 6.49. The van der Waals surface area contributed by atoms with Crippen LogP contribution in [0.1, 0.15) is 0 Å². The first-order valence-electron chi connectivity index (χ1n) is 2.27. The van der Waals surface area contributed by atoms with Crippen molar-refractivity contribution in [3.05, 3.63) is 12.3 Å². The second-order valence-corrected chi connectivity index (χ2v) is 1.97. The molecule has 1 aliphatic rings. The normalized spacial score (nSPS) is 26.1. The summed E-state index contributed by atoms with van der Waals surface area (Å²) in [4.78, 5) is 20.8. The van der Waals surface area contributed by atoms with E-state index in [0.29, 0.717) is 0 Å². The number of hydrogen-bond acceptors (Lipinski definition) is 3. The maximum Gasteiger partial charge on any atom is 0.381 e. The van der Waals surface area contributed by atoms with Gasteiger partial charge >= 0.3 is 5.97 Å². The van der Waals surface area contributed by atoms with Crippen molar-refractivity contribution >= 4 is 23.4 Å². The lowest BCUT2D eigenvalue weighted by Gasteiger charge is -2.05. The molecule has 0 amide bonds. The van der Waals surface area contributed by atoms with Gasteiger partial charge in [0.2, 0.25) is 0 Å². The van der Waals surface area contributed by atoms with Gasteiger partial charge in [0.05, 0.1) is 6.26 Å². The van der Waals surface area contributed by atoms with E-state index >= 15 is 0 Å². The van der Waals surface area contributed by atoms with Gasteiger partial charge in [0, 0.05) is 0 Å². The van der Waals surface area contributed by atoms with Crippen molar-refractivity contribution in [3.63, 3.8) is 0 Å². The molecule has 1 heterocycles. The van der Waals surface area contributed by atoms with Gasteiger partial charge in [-0.15, -0.1) is 11.6 Å². The molecule has 48 valence electrons. The number of esters is 1. The number of allylic oxidation sites excluding steroid dienone is 1. The number of Topliss-reactive ketones (excluding diaryl/α,β-unsaturated/α-hetero) is 1. The zero-order valence-corrected chi connectivity index (χ0v) is 5.09. The molecule has 1 unspecified atom stereocenters. The number of carbonyl (C=O) groups is 2. The van der Waals surface area contributed by atoms with E-state index in [1.165, 1.54) is 6.08 Å². The molecular formula is C5H3ClO3. The molecule has 0 aromatic carbocycles. The lowest BCUT2D eigenvalue weighted by atomic mass is 10.2. The molecule has 1 atom stereocenters. The SMILES string of the molecule is O=C1OC=CC(Cl)C1=O. The summed E-state index contributed by atoms with van der Waals surface area (Å²) in [6.45, 7) is 0. The zero-order valence-electron chi connectivity index (χ0n) is 4.33. The predicted octanol–water partition coefficient (Wildman–Crippen LogP) is 0.233. The number of hydrogen-bond donors (Lipinski definition) is 0. The molecule has 1 rings (SSSR count). The van der Waals surface area contributed by atoms with Gasteiger partial charge in [-0.1, -0.05) is 0 Å². The topological polar surface area (TPSA) is 43.4 Å². The second-order valence-electron chi connectivity index (χ2n) is 1.50. The van der Waals surface area contributed by atoms with Gasteiger partial charge in [-0.3, -0.25) is 4.79 Å². The van der Waals surface area contributed by atoms with Crippen LogP contribution in [0.4, 0.5) is 0 Å². The molecule has 0 aliphatic carbocycles. The van der Waals surface area contributed by atoms with Crippen LogP contribution in [-0.4, -0.2) is 17.1 Å². The highest BCUT2D eigenvalue weighted by Crippen LogP contribution is 2.06. The number of alkyl halides is 1. The Morgan fingerprint density at radius 1 is 1.56 bits per heavy atom. The third kappa shape index (κ3) is 1.10. The summed E-state index contributed by atoms with van der Waals surface area (Å²) in [5.74, 6) is -1.60. The van der Waals surface area contributed by atoms with Crippen molar-refractivity contribution in [2.75, 3.05) is 0 Å². The average Bonchev–Trinajstić information content (AvgIpc) is 1.83. The summed E-state index contributed by atoms with van der Waals surface area (Å²) in [7, 11) is 0. The molecule has 0 saturated carbocycles. The fourth-order valence-electron chi connectivity index (χ4n) is 0.428. The smallest absolute Gasteiger partial charge is 0.381 e. The second kappa shape index (κ2) is 2.19. The van der Waals surface area contributed by atoms with E-state index in [-0.39, 0.29) is 0 Å². The molecule has 4 heteroatoms. The standard InChI is InChI=1S/C5H3ClO3/c6-3-1-2-9-5(8)4(3)7/h1-3H. The van der Waals surface area contributed by atoms with E-state index in [1.807, 2.05) is 0 Å². The number of cyclic esters (lactones) is 1. The van der Waals surface area contributed by atoms with Crippen LogP contribution in [0.2, 0.25) is 0 Å². The van der Waals surface area contributed by atoms with Crippen LogP contribution in [0, 0.1) is 0 Å². The monoisotopic (exact) mass is 146 g/mol. The number of ether oxygens (including phenoxy) is 1. The van der Waals surface area contributed by atoms with Crippen LogP contribution in [0.5, 0.6) is 0 Å². The fraction of sp³-hybridized carbons (Fsp3) is 0.200. The van der Waals surface area contributed by atoms with E-state index in [1.54, 1.807) is 0 Å². The predicted molar refractivity (Wildman–Crippen MR) is 29.9 cm³/mol. The molecule has 3 nitrogen and oxygen atoms in total. The van der Waals surface area contributed by atoms with Gasteiger partial charge in [0.1, 0.15) is 5.38 Å². The van der Waals surface area contributed by atoms with Gasteiger partial charge in [0.15, 0.2) is 0 Å². The van der Waals surface area contributed by atoms with E-state index in [4.69, 9.17) is 11.6 Å². The summed E-state index contributed by atoms with van der Waals surface area (Å²) in [6.07, 6.45) is 2.42. The first-order chi connectivity index (χ1) is 4.22. The molecule has 0 radical (unpaired) electrons. The van der Waals surface area contributed by atoms with E-state index < -0.39 is 17.1 Å². The Labute approximate surface area is 56.2 Å². The molecule has 0 spiro atoms. The van der Waals surface area contributed by atoms with E-state index in [0.717, 1.165) is 6.26 Å². The van der Waals surface area contributed by atoms with Gasteiger partial charge in [-0.25, -0.2) is 4.79 Å². The molecular weight excluding hydrogens is 144 g/mol. The van der Waals surface area contributed by atoms with Gasteiger partial charge in [-0.05, 0) is 6.08 Å². The summed E-state index contributed by atoms with van der Waals surface area (Å²) in [5.41, 5.74) is 0. The third-order valence-electron chi connectivity index (χ3n) is 0.874. The Morgan fingerprint density at radius 3 is 2.67 bits per heavy atom. The maximum absolute atomic E-state index is 10.5. The van der Waals surface area contributed by atoms with Gasteiger partial charge in [-0.2, -0.15) is 0 Å². The molecule has 0 aromatic rings. The lowest BCUT2D eigenvalue weighted by Crippen LogP contribution is -2.26. The Kier molecular flexibility index (Phi) is 1.53. The zero-order chi connectivity index (χ0) is 6.85. The van der Waals surface area contributed by atoms with Crippen molar-refractivity contribution in [1.82, 2.24) is 0 Å². The minimum absolute atomic E-state index is 0.709. The Bertz CT molecular complexity index is 185. The minimum Gasteiger partial charge on any atom is -0.429 e. The van der Waals surface area contributed by atoms with Crippen molar-refractivity contribution in [3.8, 4) is 0 Å². The number of rotatable bonds is 0. The number of carbonyl (C=O) groups excluding carboxylic acids is 2. The van der Waals surface area contributed by atoms with Crippen LogP contribution < -0.4 is 0 Å². The van der Waals surface area contributed by atoms with E-state index in [2.05, 4.69) is 4.74 Å². The Morgan fingerprint density at radius 2 is 2.22 bits per heavy atom. The number of halogens is 1. The van der Waals surface area contributed by atoms with Gasteiger partial charge in [0.25, 0.3) is 5.78 Å². The average molecular weight is 147 g/mol. The first kappa shape index (κ1) is 6.29. The van der Waals surface area contributed by atoms with Crippen LogP contribution in [0.25, 0.3) is 0 Å². The Hall–Kier alpha value is -0.830. The highest BCUT2D eigenvalue weighted by Gasteiger charge is 2.25. The van der Waals surface area contributed by atoms with Crippen LogP contribution in [-0.2, 0) is 14.3 Å². The Balaban J connectivity index is 2.81. The quantitative estimate of drug-likeness (QED) is 0.279. The van der Waals surface area contributed by atoms with Crippen LogP contribution >= 0.6 is 11.6 Å². The molecule has 0 aromatic heterocycles. The van der Waals surface area contributed by atoms with Gasteiger partial charge < -0.3 is 4.74 Å². The molecule has 0 saturated heterocycles. The first-order valence-corrected chi connectivity index (χ1v) is 2.71. The molecule has 0 N–H and O–H groups in total. The maximum atomic E-state index is 10.5. The summed E-state index contributed by atoms with van der Waals surface area (Å²) in [5, 5.41) is -0.841. The third-order valence-corrected chi connectivity index (χ3v) is 1.22. The minimum atomic E-state index is -0.891. The van der Waals surface area contributed by atoms with Crippen molar-refractivity contribution in [1.29, 1.82) is 0 Å². The molecule has 9 heavy (non-hydrogen) atoms. The molecule has 0 fully saturated rings. The molecule has 0 bridgehead atoms.